The van der Waals surface area contributed by atoms with Gasteiger partial charge < -0.3 is 5.73 Å². The summed E-state index contributed by atoms with van der Waals surface area (Å²) in [4.78, 5) is 0. The lowest BCUT2D eigenvalue weighted by atomic mass is 9.92. The molecule has 0 saturated heterocycles. The van der Waals surface area contributed by atoms with Gasteiger partial charge in [0.05, 0.1) is 0 Å². The largest absolute Gasteiger partial charge is 0.398 e. The van der Waals surface area contributed by atoms with Gasteiger partial charge in [0.1, 0.15) is 0 Å². The van der Waals surface area contributed by atoms with Crippen LogP contribution in [-0.4, -0.2) is 0 Å². The lowest BCUT2D eigenvalue weighted by molar-refractivity contribution is 1.38. The number of hydrogen-bond acceptors (Lipinski definition) is 1. The van der Waals surface area contributed by atoms with E-state index in [1.54, 1.807) is 0 Å². The van der Waals surface area contributed by atoms with Crippen LogP contribution < -0.4 is 5.73 Å². The average molecular weight is 223 g/mol. The van der Waals surface area contributed by atoms with Crippen LogP contribution in [0.5, 0.6) is 0 Å². The Balaban J connectivity index is 2.56. The maximum Gasteiger partial charge on any atom is 0.0396 e. The molecule has 1 heteroatoms. The highest BCUT2D eigenvalue weighted by Gasteiger charge is 2.10. The fraction of sp³-hybridized carbons (Fsp3) is 0.125. The summed E-state index contributed by atoms with van der Waals surface area (Å²) in [6.07, 6.45) is 0. The molecule has 2 aromatic carbocycles. The van der Waals surface area contributed by atoms with Crippen LogP contribution in [0.4, 0.5) is 5.69 Å². The molecule has 0 bridgehead atoms. The van der Waals surface area contributed by atoms with Gasteiger partial charge in [-0.3, -0.25) is 0 Å². The summed E-state index contributed by atoms with van der Waals surface area (Å²) >= 11 is 0. The van der Waals surface area contributed by atoms with Crippen molar-refractivity contribution < 1.29 is 0 Å². The van der Waals surface area contributed by atoms with Gasteiger partial charge >= 0.3 is 0 Å². The van der Waals surface area contributed by atoms with E-state index >= 15 is 0 Å². The smallest absolute Gasteiger partial charge is 0.0396 e. The Morgan fingerprint density at radius 1 is 0.941 bits per heavy atom. The van der Waals surface area contributed by atoms with Crippen LogP contribution in [0.15, 0.2) is 49.0 Å². The summed E-state index contributed by atoms with van der Waals surface area (Å²) in [6, 6.07) is 14.2. The zero-order valence-corrected chi connectivity index (χ0v) is 10.3. The van der Waals surface area contributed by atoms with Gasteiger partial charge in [0.15, 0.2) is 0 Å². The molecule has 2 aromatic rings. The van der Waals surface area contributed by atoms with E-state index < -0.39 is 0 Å². The van der Waals surface area contributed by atoms with Crippen molar-refractivity contribution >= 4 is 11.3 Å². The minimum atomic E-state index is 0.790. The first kappa shape index (κ1) is 11.5. The van der Waals surface area contributed by atoms with Gasteiger partial charge in [-0.25, -0.2) is 0 Å². The van der Waals surface area contributed by atoms with Crippen molar-refractivity contribution in [2.45, 2.75) is 13.8 Å². The third-order valence-corrected chi connectivity index (χ3v) is 3.08. The fourth-order valence-electron chi connectivity index (χ4n) is 2.15. The van der Waals surface area contributed by atoms with E-state index in [2.05, 4.69) is 38.6 Å². The van der Waals surface area contributed by atoms with Crippen molar-refractivity contribution in [2.24, 2.45) is 0 Å². The zero-order chi connectivity index (χ0) is 12.4. The predicted octanol–water partition coefficient (Wildman–Crippen LogP) is 3.95. The molecule has 0 unspecified atom stereocenters. The van der Waals surface area contributed by atoms with Gasteiger partial charge in [-0.15, -0.1) is 0 Å². The maximum atomic E-state index is 6.05. The van der Waals surface area contributed by atoms with Gasteiger partial charge in [0.25, 0.3) is 0 Å². The van der Waals surface area contributed by atoms with Crippen LogP contribution in [0.3, 0.4) is 0 Å². The molecule has 0 radical (unpaired) electrons. The highest BCUT2D eigenvalue weighted by Crippen LogP contribution is 2.30. The topological polar surface area (TPSA) is 26.0 Å². The molecule has 0 saturated carbocycles. The minimum absolute atomic E-state index is 0.790. The lowest BCUT2D eigenvalue weighted by Crippen LogP contribution is -1.98. The third kappa shape index (κ3) is 2.09. The molecule has 0 atom stereocenters. The minimum Gasteiger partial charge on any atom is -0.398 e. The van der Waals surface area contributed by atoms with E-state index in [1.807, 2.05) is 24.3 Å². The first-order valence-corrected chi connectivity index (χ1v) is 5.71. The fourth-order valence-corrected chi connectivity index (χ4v) is 2.15. The standard InChI is InChI=1S/C16H17N/c1-11-7-4-5-9-14(11)13(3)16-12(2)8-6-10-15(16)17/h4-10H,3,17H2,1-2H3. The third-order valence-electron chi connectivity index (χ3n) is 3.08. The van der Waals surface area contributed by atoms with Crippen LogP contribution in [-0.2, 0) is 0 Å². The molecule has 2 rings (SSSR count). The molecule has 2 N–H and O–H groups in total. The van der Waals surface area contributed by atoms with E-state index in [0.29, 0.717) is 0 Å². The first-order valence-electron chi connectivity index (χ1n) is 5.71. The molecular formula is C16H17N. The molecule has 17 heavy (non-hydrogen) atoms. The average Bonchev–Trinajstić information content (AvgIpc) is 2.29. The Morgan fingerprint density at radius 2 is 1.59 bits per heavy atom. The quantitative estimate of drug-likeness (QED) is 0.766. The number of benzene rings is 2. The second-order valence-corrected chi connectivity index (χ2v) is 4.33. The summed E-state index contributed by atoms with van der Waals surface area (Å²) in [5.41, 5.74) is 12.4. The Bertz CT molecular complexity index is 547. The zero-order valence-electron chi connectivity index (χ0n) is 10.3. The molecule has 0 fully saturated rings. The van der Waals surface area contributed by atoms with E-state index in [-0.39, 0.29) is 0 Å². The molecule has 0 aliphatic heterocycles. The second-order valence-electron chi connectivity index (χ2n) is 4.33. The number of anilines is 1. The van der Waals surface area contributed by atoms with Crippen LogP contribution >= 0.6 is 0 Å². The first-order chi connectivity index (χ1) is 8.11. The number of rotatable bonds is 2. The van der Waals surface area contributed by atoms with Gasteiger partial charge in [-0.2, -0.15) is 0 Å². The van der Waals surface area contributed by atoms with Crippen molar-refractivity contribution in [1.29, 1.82) is 0 Å². The number of nitrogens with two attached hydrogens (primary N) is 1. The van der Waals surface area contributed by atoms with Crippen molar-refractivity contribution in [3.63, 3.8) is 0 Å². The molecule has 0 aliphatic rings. The number of hydrogen-bond donors (Lipinski definition) is 1. The van der Waals surface area contributed by atoms with Crippen LogP contribution in [0.1, 0.15) is 22.3 Å². The van der Waals surface area contributed by atoms with Gasteiger partial charge in [0, 0.05) is 11.3 Å². The van der Waals surface area contributed by atoms with E-state index in [1.165, 1.54) is 11.1 Å². The summed E-state index contributed by atoms with van der Waals surface area (Å²) in [5.74, 6) is 0. The Morgan fingerprint density at radius 3 is 2.24 bits per heavy atom. The van der Waals surface area contributed by atoms with Crippen molar-refractivity contribution in [3.8, 4) is 0 Å². The second kappa shape index (κ2) is 4.46. The van der Waals surface area contributed by atoms with Gasteiger partial charge in [-0.1, -0.05) is 43.0 Å². The molecule has 1 nitrogen and oxygen atoms in total. The molecule has 0 spiro atoms. The normalized spacial score (nSPS) is 10.2. The monoisotopic (exact) mass is 223 g/mol. The Labute approximate surface area is 103 Å². The van der Waals surface area contributed by atoms with E-state index in [4.69, 9.17) is 5.73 Å². The molecular weight excluding hydrogens is 206 g/mol. The number of aryl methyl sites for hydroxylation is 2. The predicted molar refractivity (Wildman–Crippen MR) is 74.9 cm³/mol. The summed E-state index contributed by atoms with van der Waals surface area (Å²) in [6.45, 7) is 8.35. The molecule has 0 aromatic heterocycles. The van der Waals surface area contributed by atoms with Crippen LogP contribution in [0.25, 0.3) is 5.57 Å². The summed E-state index contributed by atoms with van der Waals surface area (Å²) < 4.78 is 0. The van der Waals surface area contributed by atoms with Crippen LogP contribution in [0, 0.1) is 13.8 Å². The van der Waals surface area contributed by atoms with Gasteiger partial charge in [-0.05, 0) is 42.2 Å². The lowest BCUT2D eigenvalue weighted by Gasteiger charge is -2.14. The van der Waals surface area contributed by atoms with Crippen molar-refractivity contribution in [1.82, 2.24) is 0 Å². The highest BCUT2D eigenvalue weighted by molar-refractivity contribution is 5.86. The van der Waals surface area contributed by atoms with Crippen LogP contribution in [0.2, 0.25) is 0 Å². The number of nitrogen functional groups attached to an aromatic ring is 1. The summed E-state index contributed by atoms with van der Waals surface area (Å²) in [7, 11) is 0. The van der Waals surface area contributed by atoms with Gasteiger partial charge in [0.2, 0.25) is 0 Å². The van der Waals surface area contributed by atoms with Crippen molar-refractivity contribution in [2.75, 3.05) is 5.73 Å². The molecule has 0 amide bonds. The Hall–Kier alpha value is -2.02. The van der Waals surface area contributed by atoms with E-state index in [0.717, 1.165) is 22.4 Å². The molecule has 0 heterocycles. The maximum absolute atomic E-state index is 6.05. The SMILES string of the molecule is C=C(c1ccccc1C)c1c(C)cccc1N. The highest BCUT2D eigenvalue weighted by atomic mass is 14.6. The molecule has 0 aliphatic carbocycles. The van der Waals surface area contributed by atoms with Crippen molar-refractivity contribution in [3.05, 3.63) is 71.3 Å². The molecule has 86 valence electrons. The Kier molecular flexibility index (Phi) is 3.01. The van der Waals surface area contributed by atoms with E-state index in [9.17, 15) is 0 Å². The summed E-state index contributed by atoms with van der Waals surface area (Å²) in [5, 5.41) is 0.